The summed E-state index contributed by atoms with van der Waals surface area (Å²) in [7, 11) is 8.76. The van der Waals surface area contributed by atoms with Gasteiger partial charge in [-0.05, 0) is 29.8 Å². The molecule has 0 amide bonds. The quantitative estimate of drug-likeness (QED) is 0.467. The van der Waals surface area contributed by atoms with Crippen LogP contribution in [0.2, 0.25) is 0 Å². The molecule has 2 aromatic rings. The Hall–Kier alpha value is -4.11. The molecule has 2 aromatic carbocycles. The second-order valence-electron chi connectivity index (χ2n) is 6.84. The number of Topliss-reactive ketones (excluding diaryl/α,β-unsaturated/α-hetero) is 1. The number of ether oxygens (including phenoxy) is 6. The first-order valence-corrected chi connectivity index (χ1v) is 9.85. The topological polar surface area (TPSA) is 120 Å². The fourth-order valence-corrected chi connectivity index (χ4v) is 3.51. The Labute approximate surface area is 192 Å². The predicted octanol–water partition coefficient (Wildman–Crippen LogP) is 3.76. The van der Waals surface area contributed by atoms with Crippen molar-refractivity contribution >= 4 is 5.78 Å². The van der Waals surface area contributed by atoms with Crippen LogP contribution in [-0.4, -0.2) is 48.4 Å². The normalized spacial score (nSPS) is 11.1. The van der Waals surface area contributed by atoms with Crippen molar-refractivity contribution in [1.29, 1.82) is 10.5 Å². The molecule has 9 heteroatoms. The number of ketones is 1. The lowest BCUT2D eigenvalue weighted by molar-refractivity contribution is 0.0970. The van der Waals surface area contributed by atoms with Crippen LogP contribution in [0.3, 0.4) is 0 Å². The van der Waals surface area contributed by atoms with Crippen molar-refractivity contribution in [3.63, 3.8) is 0 Å². The molecular formula is C24H26N2O7. The molecule has 0 aliphatic rings. The first-order chi connectivity index (χ1) is 15.9. The molecule has 0 aliphatic carbocycles. The highest BCUT2D eigenvalue weighted by Gasteiger charge is 2.29. The highest BCUT2D eigenvalue weighted by molar-refractivity contribution is 5.98. The molecule has 0 saturated carbocycles. The molecule has 2 rings (SSSR count). The molecule has 9 nitrogen and oxygen atoms in total. The fraction of sp³-hybridized carbons (Fsp3) is 0.375. The van der Waals surface area contributed by atoms with E-state index in [1.807, 2.05) is 12.1 Å². The number of hydrogen-bond acceptors (Lipinski definition) is 9. The third-order valence-corrected chi connectivity index (χ3v) is 5.19. The van der Waals surface area contributed by atoms with Crippen LogP contribution in [0.4, 0.5) is 0 Å². The second-order valence-corrected chi connectivity index (χ2v) is 6.84. The summed E-state index contributed by atoms with van der Waals surface area (Å²) in [4.78, 5) is 13.3. The van der Waals surface area contributed by atoms with Crippen LogP contribution in [-0.2, 0) is 0 Å². The van der Waals surface area contributed by atoms with Gasteiger partial charge in [-0.2, -0.15) is 10.5 Å². The van der Waals surface area contributed by atoms with Crippen LogP contribution in [0.15, 0.2) is 24.3 Å². The molecule has 0 bridgehead atoms. The second kappa shape index (κ2) is 11.5. The predicted molar refractivity (Wildman–Crippen MR) is 119 cm³/mol. The van der Waals surface area contributed by atoms with Crippen molar-refractivity contribution in [2.24, 2.45) is 5.92 Å². The summed E-state index contributed by atoms with van der Waals surface area (Å²) in [6.07, 6.45) is -0.136. The number of methoxy groups -OCH3 is 6. The van der Waals surface area contributed by atoms with E-state index in [9.17, 15) is 15.3 Å². The van der Waals surface area contributed by atoms with Gasteiger partial charge >= 0.3 is 0 Å². The van der Waals surface area contributed by atoms with E-state index in [1.165, 1.54) is 54.8 Å². The zero-order valence-corrected chi connectivity index (χ0v) is 19.4. The number of rotatable bonds is 11. The molecule has 33 heavy (non-hydrogen) atoms. The molecule has 0 N–H and O–H groups in total. The lowest BCUT2D eigenvalue weighted by atomic mass is 9.82. The Balaban J connectivity index is 2.57. The molecular weight excluding hydrogens is 428 g/mol. The smallest absolute Gasteiger partial charge is 0.203 e. The molecule has 0 radical (unpaired) electrons. The summed E-state index contributed by atoms with van der Waals surface area (Å²) >= 11 is 0. The summed E-state index contributed by atoms with van der Waals surface area (Å²) in [5.41, 5.74) is 0.815. The Bertz CT molecular complexity index is 1020. The third kappa shape index (κ3) is 5.21. The summed E-state index contributed by atoms with van der Waals surface area (Å²) < 4.78 is 32.1. The summed E-state index contributed by atoms with van der Waals surface area (Å²) in [5, 5.41) is 19.2. The van der Waals surface area contributed by atoms with Crippen molar-refractivity contribution < 1.29 is 33.2 Å². The van der Waals surface area contributed by atoms with Crippen molar-refractivity contribution in [3.05, 3.63) is 35.4 Å². The van der Waals surface area contributed by atoms with E-state index in [-0.39, 0.29) is 17.8 Å². The van der Waals surface area contributed by atoms with Gasteiger partial charge in [0, 0.05) is 17.9 Å². The molecule has 0 aliphatic heterocycles. The Morgan fingerprint density at radius 2 is 1.12 bits per heavy atom. The minimum absolute atomic E-state index is 0.136. The molecule has 0 spiro atoms. The first kappa shape index (κ1) is 25.2. The summed E-state index contributed by atoms with van der Waals surface area (Å²) in [6.45, 7) is 0. The standard InChI is InChI=1S/C24H26N2O7/c1-28-19-7-14(8-20(29-2)23(19)32-5)17(16(12-25)13-26)11-18(27)15-9-21(30-3)24(33-6)22(10-15)31-4/h7-10,16-17H,11H2,1-6H3. The van der Waals surface area contributed by atoms with Gasteiger partial charge in [0.2, 0.25) is 11.5 Å². The third-order valence-electron chi connectivity index (χ3n) is 5.19. The van der Waals surface area contributed by atoms with Gasteiger partial charge < -0.3 is 28.4 Å². The van der Waals surface area contributed by atoms with Gasteiger partial charge in [0.05, 0.1) is 54.8 Å². The maximum atomic E-state index is 13.3. The van der Waals surface area contributed by atoms with E-state index < -0.39 is 11.8 Å². The number of nitriles is 2. The van der Waals surface area contributed by atoms with Gasteiger partial charge in [0.15, 0.2) is 28.8 Å². The molecule has 174 valence electrons. The minimum Gasteiger partial charge on any atom is -0.493 e. The molecule has 1 unspecified atom stereocenters. The molecule has 1 atom stereocenters. The summed E-state index contributed by atoms with van der Waals surface area (Å²) in [5.74, 6) is -0.113. The zero-order valence-electron chi connectivity index (χ0n) is 19.4. The van der Waals surface area contributed by atoms with Crippen LogP contribution >= 0.6 is 0 Å². The average molecular weight is 454 g/mol. The van der Waals surface area contributed by atoms with E-state index in [2.05, 4.69) is 0 Å². The molecule has 0 heterocycles. The van der Waals surface area contributed by atoms with E-state index in [4.69, 9.17) is 28.4 Å². The van der Waals surface area contributed by atoms with Gasteiger partial charge in [-0.1, -0.05) is 0 Å². The van der Waals surface area contributed by atoms with E-state index in [1.54, 1.807) is 12.1 Å². The highest BCUT2D eigenvalue weighted by Crippen LogP contribution is 2.43. The number of benzene rings is 2. The molecule has 0 aromatic heterocycles. The Morgan fingerprint density at radius 1 is 0.727 bits per heavy atom. The number of carbonyl (C=O) groups excluding carboxylic acids is 1. The highest BCUT2D eigenvalue weighted by atomic mass is 16.5. The first-order valence-electron chi connectivity index (χ1n) is 9.85. The van der Waals surface area contributed by atoms with Crippen LogP contribution in [0, 0.1) is 28.6 Å². The van der Waals surface area contributed by atoms with Crippen molar-refractivity contribution in [3.8, 4) is 46.6 Å². The lowest BCUT2D eigenvalue weighted by Crippen LogP contribution is -2.16. The maximum absolute atomic E-state index is 13.3. The zero-order chi connectivity index (χ0) is 24.5. The number of nitrogens with zero attached hydrogens (tertiary/aromatic N) is 2. The largest absolute Gasteiger partial charge is 0.493 e. The van der Waals surface area contributed by atoms with Crippen molar-refractivity contribution in [1.82, 2.24) is 0 Å². The van der Waals surface area contributed by atoms with Gasteiger partial charge in [-0.25, -0.2) is 0 Å². The van der Waals surface area contributed by atoms with E-state index in [0.717, 1.165) is 0 Å². The minimum atomic E-state index is -1.10. The van der Waals surface area contributed by atoms with Crippen molar-refractivity contribution in [2.75, 3.05) is 42.7 Å². The molecule has 0 saturated heterocycles. The fourth-order valence-electron chi connectivity index (χ4n) is 3.51. The van der Waals surface area contributed by atoms with Gasteiger partial charge in [0.25, 0.3) is 0 Å². The van der Waals surface area contributed by atoms with Crippen LogP contribution in [0.1, 0.15) is 28.3 Å². The van der Waals surface area contributed by atoms with Crippen LogP contribution < -0.4 is 28.4 Å². The Kier molecular flexibility index (Phi) is 8.76. The number of carbonyl (C=O) groups is 1. The SMILES string of the molecule is COc1cc(C(=O)CC(c2cc(OC)c(OC)c(OC)c2)C(C#N)C#N)cc(OC)c1OC. The number of hydrogen-bond donors (Lipinski definition) is 0. The van der Waals surface area contributed by atoms with Crippen molar-refractivity contribution in [2.45, 2.75) is 12.3 Å². The van der Waals surface area contributed by atoms with Crippen LogP contribution in [0.25, 0.3) is 0 Å². The maximum Gasteiger partial charge on any atom is 0.203 e. The van der Waals surface area contributed by atoms with Gasteiger partial charge in [-0.15, -0.1) is 0 Å². The monoisotopic (exact) mass is 454 g/mol. The molecule has 0 fully saturated rings. The Morgan fingerprint density at radius 3 is 1.45 bits per heavy atom. The average Bonchev–Trinajstić information content (AvgIpc) is 2.86. The van der Waals surface area contributed by atoms with E-state index >= 15 is 0 Å². The lowest BCUT2D eigenvalue weighted by Gasteiger charge is -2.21. The van der Waals surface area contributed by atoms with Crippen LogP contribution in [0.5, 0.6) is 34.5 Å². The van der Waals surface area contributed by atoms with E-state index in [0.29, 0.717) is 40.1 Å². The summed E-state index contributed by atoms with van der Waals surface area (Å²) in [6, 6.07) is 10.3. The van der Waals surface area contributed by atoms with Gasteiger partial charge in [0.1, 0.15) is 5.92 Å². The van der Waals surface area contributed by atoms with Gasteiger partial charge in [-0.3, -0.25) is 4.79 Å².